The van der Waals surface area contributed by atoms with Gasteiger partial charge in [0.2, 0.25) is 11.6 Å². The molecule has 9 nitrogen and oxygen atoms in total. The number of hydrogen-bond acceptors (Lipinski definition) is 7. The third-order valence-corrected chi connectivity index (χ3v) is 5.22. The van der Waals surface area contributed by atoms with E-state index in [1.54, 1.807) is 37.1 Å². The standard InChI is InChI=1S/C23H24N8O/c1-4-16(11-25-14-23(2,3)22(24)32)19-12-27-20-21(28-19)31(30-29-20)13-15-7-8-18-17(10-15)6-5-9-26-18/h4-12H,13-14H2,1-3H3,(H2,24,32)/b16-4+,25-11?. The van der Waals surface area contributed by atoms with Gasteiger partial charge in [0.15, 0.2) is 5.65 Å². The Bertz CT molecular complexity index is 1350. The molecule has 32 heavy (non-hydrogen) atoms. The highest BCUT2D eigenvalue weighted by Gasteiger charge is 2.24. The predicted octanol–water partition coefficient (Wildman–Crippen LogP) is 2.80. The van der Waals surface area contributed by atoms with Crippen molar-refractivity contribution in [2.24, 2.45) is 16.1 Å². The molecule has 0 radical (unpaired) electrons. The molecule has 0 aliphatic rings. The summed E-state index contributed by atoms with van der Waals surface area (Å²) in [4.78, 5) is 29.4. The Hall–Kier alpha value is -4.01. The van der Waals surface area contributed by atoms with Crippen molar-refractivity contribution in [3.8, 4) is 0 Å². The highest BCUT2D eigenvalue weighted by atomic mass is 16.1. The van der Waals surface area contributed by atoms with Gasteiger partial charge in [0, 0.05) is 23.4 Å². The first-order chi connectivity index (χ1) is 15.4. The lowest BCUT2D eigenvalue weighted by Gasteiger charge is -2.16. The van der Waals surface area contributed by atoms with Crippen LogP contribution >= 0.6 is 0 Å². The molecule has 1 aromatic carbocycles. The van der Waals surface area contributed by atoms with Crippen LogP contribution in [0.1, 0.15) is 32.0 Å². The number of carbonyl (C=O) groups excluding carboxylic acids is 1. The lowest BCUT2D eigenvalue weighted by molar-refractivity contribution is -0.125. The summed E-state index contributed by atoms with van der Waals surface area (Å²) in [7, 11) is 0. The van der Waals surface area contributed by atoms with Crippen LogP contribution in [-0.4, -0.2) is 48.6 Å². The van der Waals surface area contributed by atoms with Crippen LogP contribution in [-0.2, 0) is 11.3 Å². The fraction of sp³-hybridized carbons (Fsp3) is 0.261. The lowest BCUT2D eigenvalue weighted by Crippen LogP contribution is -2.34. The van der Waals surface area contributed by atoms with E-state index in [2.05, 4.69) is 31.3 Å². The van der Waals surface area contributed by atoms with Crippen molar-refractivity contribution < 1.29 is 4.79 Å². The molecule has 3 aromatic heterocycles. The molecule has 0 saturated carbocycles. The maximum Gasteiger partial charge on any atom is 0.224 e. The number of nitrogens with two attached hydrogens (primary N) is 1. The summed E-state index contributed by atoms with van der Waals surface area (Å²) < 4.78 is 1.73. The SMILES string of the molecule is C/C=C(\C=NCC(C)(C)C(N)=O)c1cnc2nnn(Cc3ccc4ncccc4c3)c2n1. The van der Waals surface area contributed by atoms with Crippen LogP contribution in [0.3, 0.4) is 0 Å². The monoisotopic (exact) mass is 428 g/mol. The summed E-state index contributed by atoms with van der Waals surface area (Å²) in [5, 5.41) is 9.43. The van der Waals surface area contributed by atoms with Crippen LogP contribution in [0.2, 0.25) is 0 Å². The molecular weight excluding hydrogens is 404 g/mol. The number of pyridine rings is 1. The molecule has 9 heteroatoms. The number of rotatable bonds is 7. The van der Waals surface area contributed by atoms with Crippen molar-refractivity contribution in [3.63, 3.8) is 0 Å². The molecule has 0 spiro atoms. The number of amides is 1. The van der Waals surface area contributed by atoms with Gasteiger partial charge in [-0.25, -0.2) is 14.6 Å². The molecule has 0 atom stereocenters. The van der Waals surface area contributed by atoms with Gasteiger partial charge in [0.1, 0.15) is 0 Å². The number of benzene rings is 1. The molecule has 0 aliphatic heterocycles. The van der Waals surface area contributed by atoms with E-state index < -0.39 is 11.3 Å². The maximum absolute atomic E-state index is 11.5. The van der Waals surface area contributed by atoms with E-state index in [0.29, 0.717) is 23.5 Å². The number of fused-ring (bicyclic) bond motifs is 2. The number of allylic oxidation sites excluding steroid dienone is 2. The fourth-order valence-electron chi connectivity index (χ4n) is 3.14. The van der Waals surface area contributed by atoms with Crippen molar-refractivity contribution >= 4 is 39.9 Å². The van der Waals surface area contributed by atoms with Crippen LogP contribution in [0.5, 0.6) is 0 Å². The van der Waals surface area contributed by atoms with Gasteiger partial charge in [0.25, 0.3) is 0 Å². The van der Waals surface area contributed by atoms with Gasteiger partial charge in [-0.05, 0) is 44.5 Å². The van der Waals surface area contributed by atoms with Gasteiger partial charge in [-0.1, -0.05) is 23.4 Å². The maximum atomic E-state index is 11.5. The normalized spacial score (nSPS) is 12.8. The van der Waals surface area contributed by atoms with E-state index in [9.17, 15) is 4.79 Å². The zero-order valence-electron chi connectivity index (χ0n) is 18.2. The molecule has 0 bridgehead atoms. The summed E-state index contributed by atoms with van der Waals surface area (Å²) in [5.41, 5.74) is 9.19. The molecule has 4 rings (SSSR count). The Kier molecular flexibility index (Phi) is 5.72. The Balaban J connectivity index is 1.60. The van der Waals surface area contributed by atoms with Crippen LogP contribution in [0.25, 0.3) is 27.8 Å². The minimum absolute atomic E-state index is 0.283. The summed E-state index contributed by atoms with van der Waals surface area (Å²) in [6.45, 7) is 6.21. The van der Waals surface area contributed by atoms with Gasteiger partial charge in [-0.2, -0.15) is 0 Å². The molecule has 4 aromatic rings. The third-order valence-electron chi connectivity index (χ3n) is 5.22. The third kappa shape index (κ3) is 4.36. The minimum Gasteiger partial charge on any atom is -0.369 e. The van der Waals surface area contributed by atoms with E-state index in [0.717, 1.165) is 22.0 Å². The summed E-state index contributed by atoms with van der Waals surface area (Å²) in [6.07, 6.45) is 7.00. The molecule has 162 valence electrons. The highest BCUT2D eigenvalue weighted by Crippen LogP contribution is 2.18. The first-order valence-corrected chi connectivity index (χ1v) is 10.2. The van der Waals surface area contributed by atoms with E-state index in [4.69, 9.17) is 10.7 Å². The molecule has 0 aliphatic carbocycles. The highest BCUT2D eigenvalue weighted by molar-refractivity contribution is 6.09. The van der Waals surface area contributed by atoms with Crippen LogP contribution in [0.4, 0.5) is 0 Å². The summed E-state index contributed by atoms with van der Waals surface area (Å²) in [6, 6.07) is 10.0. The number of primary amides is 1. The lowest BCUT2D eigenvalue weighted by atomic mass is 9.93. The second-order valence-electron chi connectivity index (χ2n) is 8.14. The summed E-state index contributed by atoms with van der Waals surface area (Å²) >= 11 is 0. The second kappa shape index (κ2) is 8.62. The van der Waals surface area contributed by atoms with E-state index in [1.165, 1.54) is 0 Å². The number of hydrogen-bond donors (Lipinski definition) is 1. The van der Waals surface area contributed by atoms with E-state index in [-0.39, 0.29) is 6.54 Å². The average Bonchev–Trinajstić information content (AvgIpc) is 3.18. The number of carbonyl (C=O) groups is 1. The molecule has 0 unspecified atom stereocenters. The molecule has 2 N–H and O–H groups in total. The summed E-state index contributed by atoms with van der Waals surface area (Å²) in [5.74, 6) is -0.391. The quantitative estimate of drug-likeness (QED) is 0.451. The zero-order chi connectivity index (χ0) is 22.7. The molecular formula is C23H24N8O. The van der Waals surface area contributed by atoms with Crippen molar-refractivity contribution in [1.29, 1.82) is 0 Å². The Morgan fingerprint density at radius 1 is 1.25 bits per heavy atom. The topological polar surface area (TPSA) is 125 Å². The van der Waals surface area contributed by atoms with Gasteiger partial charge in [-0.3, -0.25) is 14.8 Å². The van der Waals surface area contributed by atoms with Crippen LogP contribution in [0, 0.1) is 5.41 Å². The number of aliphatic imine (C=N–C) groups is 1. The van der Waals surface area contributed by atoms with E-state index in [1.807, 2.05) is 37.3 Å². The first kappa shape index (κ1) is 21.2. The van der Waals surface area contributed by atoms with Crippen LogP contribution < -0.4 is 5.73 Å². The van der Waals surface area contributed by atoms with Crippen molar-refractivity contribution in [1.82, 2.24) is 29.9 Å². The van der Waals surface area contributed by atoms with Gasteiger partial charge in [0.05, 0.1) is 35.9 Å². The predicted molar refractivity (Wildman–Crippen MR) is 124 cm³/mol. The van der Waals surface area contributed by atoms with Gasteiger partial charge in [-0.15, -0.1) is 5.10 Å². The number of nitrogens with zero attached hydrogens (tertiary/aromatic N) is 7. The molecule has 0 fully saturated rings. The second-order valence-corrected chi connectivity index (χ2v) is 8.14. The molecule has 0 saturated heterocycles. The van der Waals surface area contributed by atoms with Crippen molar-refractivity contribution in [2.45, 2.75) is 27.3 Å². The number of aromatic nitrogens is 6. The largest absolute Gasteiger partial charge is 0.369 e. The zero-order valence-corrected chi connectivity index (χ0v) is 18.2. The Morgan fingerprint density at radius 3 is 2.88 bits per heavy atom. The van der Waals surface area contributed by atoms with E-state index >= 15 is 0 Å². The van der Waals surface area contributed by atoms with Crippen molar-refractivity contribution in [2.75, 3.05) is 6.54 Å². The van der Waals surface area contributed by atoms with Crippen LogP contribution in [0.15, 0.2) is 53.8 Å². The molecule has 1 amide bonds. The first-order valence-electron chi connectivity index (χ1n) is 10.2. The Morgan fingerprint density at radius 2 is 2.09 bits per heavy atom. The minimum atomic E-state index is -0.719. The fourth-order valence-corrected chi connectivity index (χ4v) is 3.14. The van der Waals surface area contributed by atoms with Gasteiger partial charge < -0.3 is 5.73 Å². The van der Waals surface area contributed by atoms with Gasteiger partial charge >= 0.3 is 0 Å². The smallest absolute Gasteiger partial charge is 0.224 e. The average molecular weight is 429 g/mol. The Labute approximate surface area is 185 Å². The molecule has 3 heterocycles. The van der Waals surface area contributed by atoms with Crippen molar-refractivity contribution in [3.05, 3.63) is 60.1 Å².